The molecule has 2 aromatic rings. The number of fused-ring (bicyclic) bond motifs is 2. The van der Waals surface area contributed by atoms with E-state index in [1.807, 2.05) is 49.4 Å². The van der Waals surface area contributed by atoms with Crippen LogP contribution in [0.4, 0.5) is 5.69 Å². The van der Waals surface area contributed by atoms with Crippen LogP contribution in [0.2, 0.25) is 0 Å². The molecule has 3 amide bonds. The van der Waals surface area contributed by atoms with Crippen LogP contribution in [0.25, 0.3) is 10.8 Å². The van der Waals surface area contributed by atoms with Crippen LogP contribution in [0.1, 0.15) is 32.6 Å². The summed E-state index contributed by atoms with van der Waals surface area (Å²) in [4.78, 5) is 41.9. The van der Waals surface area contributed by atoms with Crippen LogP contribution in [-0.2, 0) is 19.1 Å². The lowest BCUT2D eigenvalue weighted by molar-refractivity contribution is -0.144. The third-order valence-electron chi connectivity index (χ3n) is 7.88. The molecular weight excluding hydrogens is 434 g/mol. The van der Waals surface area contributed by atoms with Crippen molar-refractivity contribution in [2.75, 3.05) is 25.5 Å². The molecule has 8 heteroatoms. The van der Waals surface area contributed by atoms with Gasteiger partial charge in [0.15, 0.2) is 0 Å². The summed E-state index contributed by atoms with van der Waals surface area (Å²) in [7, 11) is 1.56. The van der Waals surface area contributed by atoms with Crippen molar-refractivity contribution in [3.63, 3.8) is 0 Å². The first-order valence-electron chi connectivity index (χ1n) is 12.0. The monoisotopic (exact) mass is 465 g/mol. The average molecular weight is 466 g/mol. The predicted octanol–water partition coefficient (Wildman–Crippen LogP) is 2.06. The van der Waals surface area contributed by atoms with E-state index in [1.165, 1.54) is 0 Å². The Kier molecular flexibility index (Phi) is 5.61. The van der Waals surface area contributed by atoms with Gasteiger partial charge < -0.3 is 25.4 Å². The number of hydrogen-bond donors (Lipinski definition) is 3. The topological polar surface area (TPSA) is 108 Å². The first kappa shape index (κ1) is 22.8. The zero-order valence-corrected chi connectivity index (χ0v) is 19.5. The summed E-state index contributed by atoms with van der Waals surface area (Å²) in [6, 6.07) is 12.8. The number of nitrogens with one attached hydrogen (secondary N) is 2. The molecule has 5 atom stereocenters. The summed E-state index contributed by atoms with van der Waals surface area (Å²) in [6.07, 6.45) is 2.24. The summed E-state index contributed by atoms with van der Waals surface area (Å²) in [5, 5.41) is 17.0. The standard InChI is InChI=1S/C26H31N3O5/c1-25-11-12-26(34-25)20(19(25)22(31)27-2)24(33)29(13-5-6-14-30)21(26)23(32)28-18-10-9-16-7-3-4-8-17(16)15-18/h3-4,7-10,15,19-21,30H,5-6,11-14H2,1-2H3,(H,27,31)(H,28,32)/t19-,20+,21?,25+,26?/m1/s1. The molecule has 1 spiro atoms. The number of amides is 3. The molecule has 3 fully saturated rings. The number of carbonyl (C=O) groups excluding carboxylic acids is 3. The SMILES string of the molecule is CNC(=O)[C@H]1[C@H]2C(=O)N(CCCCO)C(C(=O)Nc3ccc4ccccc4c3)C23CC[C@]1(C)O3. The van der Waals surface area contributed by atoms with Crippen LogP contribution in [0, 0.1) is 11.8 Å². The Morgan fingerprint density at radius 1 is 1.12 bits per heavy atom. The van der Waals surface area contributed by atoms with Crippen LogP contribution in [0.5, 0.6) is 0 Å². The van der Waals surface area contributed by atoms with Crippen molar-refractivity contribution in [1.29, 1.82) is 0 Å². The summed E-state index contributed by atoms with van der Waals surface area (Å²) < 4.78 is 6.52. The van der Waals surface area contributed by atoms with Crippen molar-refractivity contribution in [2.45, 2.75) is 49.9 Å². The van der Waals surface area contributed by atoms with Gasteiger partial charge in [-0.05, 0) is 55.5 Å². The van der Waals surface area contributed by atoms with Crippen LogP contribution >= 0.6 is 0 Å². The predicted molar refractivity (Wildman–Crippen MR) is 127 cm³/mol. The summed E-state index contributed by atoms with van der Waals surface area (Å²) in [5.74, 6) is -2.09. The van der Waals surface area contributed by atoms with Crippen LogP contribution < -0.4 is 10.6 Å². The third-order valence-corrected chi connectivity index (χ3v) is 7.88. The van der Waals surface area contributed by atoms with Gasteiger partial charge in [0.1, 0.15) is 11.6 Å². The van der Waals surface area contributed by atoms with Gasteiger partial charge in [-0.3, -0.25) is 14.4 Å². The van der Waals surface area contributed by atoms with E-state index >= 15 is 0 Å². The summed E-state index contributed by atoms with van der Waals surface area (Å²) in [6.45, 7) is 2.22. The van der Waals surface area contributed by atoms with Crippen LogP contribution in [-0.4, -0.2) is 65.2 Å². The molecule has 5 rings (SSSR count). The van der Waals surface area contributed by atoms with Gasteiger partial charge in [-0.15, -0.1) is 0 Å². The normalized spacial score (nSPS) is 31.7. The molecule has 0 aromatic heterocycles. The first-order valence-corrected chi connectivity index (χ1v) is 12.0. The molecule has 180 valence electrons. The fourth-order valence-corrected chi connectivity index (χ4v) is 6.39. The second-order valence-electron chi connectivity index (χ2n) is 9.86. The lowest BCUT2D eigenvalue weighted by Gasteiger charge is -2.33. The molecular formula is C26H31N3O5. The zero-order valence-electron chi connectivity index (χ0n) is 19.5. The summed E-state index contributed by atoms with van der Waals surface area (Å²) in [5.41, 5.74) is -1.17. The average Bonchev–Trinajstić information content (AvgIpc) is 3.39. The van der Waals surface area contributed by atoms with Gasteiger partial charge in [0.2, 0.25) is 17.7 Å². The lowest BCUT2D eigenvalue weighted by atomic mass is 9.66. The molecule has 34 heavy (non-hydrogen) atoms. The second kappa shape index (κ2) is 8.36. The van der Waals surface area contributed by atoms with E-state index in [0.29, 0.717) is 37.9 Å². The minimum atomic E-state index is -1.04. The zero-order chi connectivity index (χ0) is 24.1. The van der Waals surface area contributed by atoms with E-state index in [0.717, 1.165) is 10.8 Å². The van der Waals surface area contributed by atoms with Gasteiger partial charge in [0.25, 0.3) is 0 Å². The smallest absolute Gasteiger partial charge is 0.250 e. The maximum absolute atomic E-state index is 13.8. The number of carbonyl (C=O) groups is 3. The van der Waals surface area contributed by atoms with Crippen molar-refractivity contribution in [3.05, 3.63) is 42.5 Å². The number of likely N-dealkylation sites (tertiary alicyclic amines) is 1. The number of aliphatic hydroxyl groups is 1. The van der Waals surface area contributed by atoms with Crippen molar-refractivity contribution < 1.29 is 24.2 Å². The Labute approximate surface area is 198 Å². The number of anilines is 1. The van der Waals surface area contributed by atoms with E-state index < -0.39 is 29.1 Å². The molecule has 3 aliphatic heterocycles. The van der Waals surface area contributed by atoms with Crippen molar-refractivity contribution >= 4 is 34.2 Å². The molecule has 2 aromatic carbocycles. The quantitative estimate of drug-likeness (QED) is 0.543. The number of benzene rings is 2. The number of unbranched alkanes of at least 4 members (excludes halogenated alkanes) is 1. The molecule has 0 saturated carbocycles. The first-order chi connectivity index (χ1) is 16.3. The molecule has 3 aliphatic rings. The minimum Gasteiger partial charge on any atom is -0.396 e. The molecule has 3 heterocycles. The number of ether oxygens (including phenoxy) is 1. The van der Waals surface area contributed by atoms with Crippen LogP contribution in [0.15, 0.2) is 42.5 Å². The minimum absolute atomic E-state index is 0.0139. The van der Waals surface area contributed by atoms with E-state index in [2.05, 4.69) is 10.6 Å². The molecule has 8 nitrogen and oxygen atoms in total. The number of rotatable bonds is 7. The molecule has 2 bridgehead atoms. The Balaban J connectivity index is 1.50. The highest BCUT2D eigenvalue weighted by atomic mass is 16.5. The van der Waals surface area contributed by atoms with Gasteiger partial charge >= 0.3 is 0 Å². The Bertz CT molecular complexity index is 1150. The maximum atomic E-state index is 13.8. The maximum Gasteiger partial charge on any atom is 0.250 e. The molecule has 3 N–H and O–H groups in total. The Hall–Kier alpha value is -2.97. The fourth-order valence-electron chi connectivity index (χ4n) is 6.39. The number of aliphatic hydroxyl groups excluding tert-OH is 1. The van der Waals surface area contributed by atoms with Gasteiger partial charge in [-0.25, -0.2) is 0 Å². The van der Waals surface area contributed by atoms with Crippen molar-refractivity contribution in [2.24, 2.45) is 11.8 Å². The molecule has 0 radical (unpaired) electrons. The van der Waals surface area contributed by atoms with E-state index in [1.54, 1.807) is 11.9 Å². The summed E-state index contributed by atoms with van der Waals surface area (Å²) >= 11 is 0. The molecule has 2 unspecified atom stereocenters. The molecule has 0 aliphatic carbocycles. The van der Waals surface area contributed by atoms with E-state index in [9.17, 15) is 19.5 Å². The van der Waals surface area contributed by atoms with Crippen LogP contribution in [0.3, 0.4) is 0 Å². The van der Waals surface area contributed by atoms with Gasteiger partial charge in [-0.2, -0.15) is 0 Å². The molecule has 3 saturated heterocycles. The highest BCUT2D eigenvalue weighted by Crippen LogP contribution is 2.63. The highest BCUT2D eigenvalue weighted by Gasteiger charge is 2.77. The number of hydrogen-bond acceptors (Lipinski definition) is 5. The second-order valence-corrected chi connectivity index (χ2v) is 9.86. The van der Waals surface area contributed by atoms with Crippen molar-refractivity contribution in [3.8, 4) is 0 Å². The Morgan fingerprint density at radius 3 is 2.62 bits per heavy atom. The lowest BCUT2D eigenvalue weighted by Crippen LogP contribution is -2.53. The Morgan fingerprint density at radius 2 is 1.88 bits per heavy atom. The highest BCUT2D eigenvalue weighted by molar-refractivity contribution is 6.04. The van der Waals surface area contributed by atoms with Gasteiger partial charge in [0, 0.05) is 25.9 Å². The van der Waals surface area contributed by atoms with Gasteiger partial charge in [0.05, 0.1) is 17.4 Å². The van der Waals surface area contributed by atoms with E-state index in [4.69, 9.17) is 4.74 Å². The largest absolute Gasteiger partial charge is 0.396 e. The van der Waals surface area contributed by atoms with E-state index in [-0.39, 0.29) is 24.3 Å². The van der Waals surface area contributed by atoms with Crippen molar-refractivity contribution in [1.82, 2.24) is 10.2 Å². The number of nitrogens with zero attached hydrogens (tertiary/aromatic N) is 1. The van der Waals surface area contributed by atoms with Gasteiger partial charge in [-0.1, -0.05) is 30.3 Å². The fraction of sp³-hybridized carbons (Fsp3) is 0.500. The third kappa shape index (κ3) is 3.31.